The number of nitrogens with zero attached hydrogens (tertiary/aromatic N) is 6. The van der Waals surface area contributed by atoms with Gasteiger partial charge in [-0.05, 0) is 48.6 Å². The molecule has 0 amide bonds. The molecule has 4 fully saturated rings. The third kappa shape index (κ3) is 8.79. The summed E-state index contributed by atoms with van der Waals surface area (Å²) in [5, 5.41) is 94.5. The van der Waals surface area contributed by atoms with E-state index >= 15 is 0 Å². The standard InChI is InChI=1S/C52H46N12O20/c65-25-9-13-61(49(77)57-25)45-37(73)33(69)41(81-45)29-17-1-2-18(53-17)30(42-34(70)38(74)46(82-42)62-14-10-26(66)58-50(62)78)20-5-6-22(55-20)32(44-36(72)40(76)48(84-44)64-16-12-28(68)60-52(64)80)24-8-7-23(56-24)31(21-4-3-19(29)54-21)43-35(71)39(75)47(83-43)63-15-11-27(67)59-51(63)79/h1-16,33-48,53-54,69-76H,(H,57,65,77)(H,58,66,78)(H,59,67,79)(H,60,68,80)/t33-,34-,35-,36-,37+,38+,39+,40+,41-,42-,43-,44-,45+,46+,47+,48+/m0/s1. The molecule has 7 aromatic heterocycles. The molecule has 16 atom stereocenters. The average Bonchev–Trinajstić information content (AvgIpc) is 2.06. The van der Waals surface area contributed by atoms with Crippen molar-refractivity contribution >= 4 is 46.4 Å². The Hall–Kier alpha value is -9.16. The van der Waals surface area contributed by atoms with Gasteiger partial charge in [-0.1, -0.05) is 0 Å². The van der Waals surface area contributed by atoms with Gasteiger partial charge < -0.3 is 69.8 Å². The second kappa shape index (κ2) is 20.3. The van der Waals surface area contributed by atoms with Crippen LogP contribution >= 0.6 is 0 Å². The Labute approximate surface area is 463 Å². The quantitative estimate of drug-likeness (QED) is 0.0690. The van der Waals surface area contributed by atoms with E-state index in [4.69, 9.17) is 28.9 Å². The van der Waals surface area contributed by atoms with Crippen molar-refractivity contribution in [2.75, 3.05) is 0 Å². The normalized spacial score (nSPS) is 30.0. The molecule has 6 aliphatic heterocycles. The third-order valence-electron chi connectivity index (χ3n) is 15.5. The molecule has 6 aliphatic rings. The number of fused-ring (bicyclic) bond motifs is 8. The Bertz CT molecular complexity index is 4410. The number of hydrogen-bond acceptors (Lipinski definition) is 22. The predicted molar refractivity (Wildman–Crippen MR) is 284 cm³/mol. The number of ether oxygens (including phenoxy) is 4. The fourth-order valence-electron chi connectivity index (χ4n) is 11.5. The van der Waals surface area contributed by atoms with Crippen LogP contribution in [0.25, 0.3) is 46.4 Å². The van der Waals surface area contributed by atoms with Gasteiger partial charge in [0.15, 0.2) is 24.9 Å². The monoisotopic (exact) mass is 1160 g/mol. The molecule has 0 radical (unpaired) electrons. The highest BCUT2D eigenvalue weighted by atomic mass is 16.6. The number of aromatic nitrogens is 12. The third-order valence-corrected chi connectivity index (χ3v) is 15.5. The predicted octanol–water partition coefficient (Wildman–Crippen LogP) is -3.98. The van der Waals surface area contributed by atoms with Gasteiger partial charge in [0.25, 0.3) is 22.2 Å². The molecule has 0 aromatic carbocycles. The summed E-state index contributed by atoms with van der Waals surface area (Å²) in [6.07, 6.45) is -18.1. The van der Waals surface area contributed by atoms with Crippen LogP contribution in [-0.2, 0) is 18.9 Å². The van der Waals surface area contributed by atoms with Gasteiger partial charge in [0.05, 0.1) is 22.8 Å². The van der Waals surface area contributed by atoms with Crippen molar-refractivity contribution in [3.8, 4) is 0 Å². The highest BCUT2D eigenvalue weighted by Crippen LogP contribution is 2.48. The van der Waals surface area contributed by atoms with Crippen LogP contribution in [0.2, 0.25) is 0 Å². The molecule has 14 N–H and O–H groups in total. The molecule has 0 unspecified atom stereocenters. The maximum absolute atomic E-state index is 13.1. The van der Waals surface area contributed by atoms with E-state index in [2.05, 4.69) is 29.9 Å². The van der Waals surface area contributed by atoms with E-state index in [0.717, 1.165) is 67.3 Å². The van der Waals surface area contributed by atoms with E-state index in [-0.39, 0.29) is 67.1 Å². The summed E-state index contributed by atoms with van der Waals surface area (Å²) in [6, 6.07) is 9.90. The van der Waals surface area contributed by atoms with Crippen LogP contribution < -0.4 is 45.0 Å². The van der Waals surface area contributed by atoms with E-state index in [1.165, 1.54) is 48.6 Å². The summed E-state index contributed by atoms with van der Waals surface area (Å²) in [6.45, 7) is 0. The van der Waals surface area contributed by atoms with Crippen molar-refractivity contribution in [2.45, 2.75) is 98.2 Å². The minimum Gasteiger partial charge on any atom is -0.387 e. The van der Waals surface area contributed by atoms with Crippen LogP contribution in [0.3, 0.4) is 0 Å². The molecule has 32 nitrogen and oxygen atoms in total. The molecule has 0 spiro atoms. The van der Waals surface area contributed by atoms with Crippen LogP contribution in [0.15, 0.2) is 112 Å². The lowest BCUT2D eigenvalue weighted by atomic mass is 9.99. The van der Waals surface area contributed by atoms with Gasteiger partial charge in [-0.3, -0.25) is 57.4 Å². The molecule has 7 aromatic rings. The lowest BCUT2D eigenvalue weighted by Crippen LogP contribution is -2.37. The Kier molecular flexibility index (Phi) is 13.1. The second-order valence-corrected chi connectivity index (χ2v) is 20.4. The second-order valence-electron chi connectivity index (χ2n) is 20.4. The first-order chi connectivity index (χ1) is 40.2. The zero-order valence-electron chi connectivity index (χ0n) is 42.6. The molecule has 32 heteroatoms. The maximum atomic E-state index is 13.1. The highest BCUT2D eigenvalue weighted by Gasteiger charge is 2.51. The number of H-pyrrole nitrogens is 6. The first-order valence-electron chi connectivity index (χ1n) is 25.7. The van der Waals surface area contributed by atoms with Crippen molar-refractivity contribution in [3.63, 3.8) is 0 Å². The van der Waals surface area contributed by atoms with E-state index in [0.29, 0.717) is 0 Å². The number of aliphatic hydroxyl groups excluding tert-OH is 8. The molecule has 4 saturated heterocycles. The first kappa shape index (κ1) is 54.1. The maximum Gasteiger partial charge on any atom is 0.330 e. The molecular weight excluding hydrogens is 1110 g/mol. The number of hydrogen-bond donors (Lipinski definition) is 14. The van der Waals surface area contributed by atoms with Gasteiger partial charge >= 0.3 is 22.8 Å². The summed E-state index contributed by atoms with van der Waals surface area (Å²) in [5.41, 5.74) is -7.10. The summed E-state index contributed by atoms with van der Waals surface area (Å²) in [4.78, 5) is 126. The lowest BCUT2D eigenvalue weighted by Gasteiger charge is -2.18. The molecule has 0 saturated carbocycles. The van der Waals surface area contributed by atoms with Gasteiger partial charge in [0, 0.05) is 93.4 Å². The minimum absolute atomic E-state index is 0.0195. The Balaban J connectivity index is 1.09. The van der Waals surface area contributed by atoms with E-state index < -0.39 is 143 Å². The summed E-state index contributed by atoms with van der Waals surface area (Å²) >= 11 is 0. The molecule has 8 bridgehead atoms. The molecule has 0 aliphatic carbocycles. The van der Waals surface area contributed by atoms with Gasteiger partial charge in [-0.25, -0.2) is 29.1 Å². The van der Waals surface area contributed by atoms with Crippen LogP contribution in [0.1, 0.15) is 94.4 Å². The van der Waals surface area contributed by atoms with Gasteiger partial charge in [0.1, 0.15) is 73.2 Å². The van der Waals surface area contributed by atoms with Crippen LogP contribution in [0.5, 0.6) is 0 Å². The zero-order chi connectivity index (χ0) is 58.9. The smallest absolute Gasteiger partial charge is 0.330 e. The Morgan fingerprint density at radius 3 is 0.821 bits per heavy atom. The SMILES string of the molecule is O=c1ccn([C@@H]2O[C@@H](c3c4nc(c([C@@H]5O[C@@H](n6ccc(=O)[nH]c6=O)[C@H](O)[C@@H]5O)c5ccc([nH]5)c([C@@H]5O[C@@H](n6ccc(=O)[nH]c6=O)[C@H](O)[C@@H]5O)c5ccc([nH]5)c([C@@H]5O[C@@H](n6ccc(=O)[nH]c6=O)[C@H](O)[C@@H]5O)c5nc3C=C5)C=C4)[C@@H](O)[C@H]2O)c(=O)[nH]1. The van der Waals surface area contributed by atoms with Crippen molar-refractivity contribution in [3.05, 3.63) is 202 Å². The van der Waals surface area contributed by atoms with Crippen LogP contribution in [-0.4, -0.2) is 148 Å². The number of nitrogens with one attached hydrogen (secondary N) is 6. The van der Waals surface area contributed by atoms with Crippen LogP contribution in [0, 0.1) is 0 Å². The van der Waals surface area contributed by atoms with Gasteiger partial charge in [0.2, 0.25) is 0 Å². The van der Waals surface area contributed by atoms with E-state index in [1.807, 2.05) is 0 Å². The fraction of sp³-hybridized carbons (Fsp3) is 0.308. The molecule has 13 heterocycles. The lowest BCUT2D eigenvalue weighted by molar-refractivity contribution is -0.0411. The Morgan fingerprint density at radius 2 is 0.548 bits per heavy atom. The van der Waals surface area contributed by atoms with Crippen LogP contribution in [0.4, 0.5) is 0 Å². The summed E-state index contributed by atoms with van der Waals surface area (Å²) < 4.78 is 28.7. The van der Waals surface area contributed by atoms with Crippen molar-refractivity contribution in [1.29, 1.82) is 0 Å². The topological polar surface area (TPSA) is 476 Å². The molecular formula is C52H46N12O20. The zero-order valence-corrected chi connectivity index (χ0v) is 42.6. The summed E-state index contributed by atoms with van der Waals surface area (Å²) in [5.74, 6) is 0. The van der Waals surface area contributed by atoms with Crippen molar-refractivity contribution in [2.24, 2.45) is 0 Å². The number of aliphatic hydroxyl groups is 8. The number of aromatic amines is 6. The van der Waals surface area contributed by atoms with Gasteiger partial charge in [-0.15, -0.1) is 0 Å². The average molecular weight is 1160 g/mol. The first-order valence-corrected chi connectivity index (χ1v) is 25.7. The molecule has 434 valence electrons. The Morgan fingerprint density at radius 1 is 0.310 bits per heavy atom. The van der Waals surface area contributed by atoms with E-state index in [9.17, 15) is 79.2 Å². The minimum atomic E-state index is -1.89. The van der Waals surface area contributed by atoms with Crippen molar-refractivity contribution < 1.29 is 59.8 Å². The van der Waals surface area contributed by atoms with E-state index in [1.54, 1.807) is 0 Å². The van der Waals surface area contributed by atoms with Crippen molar-refractivity contribution in [1.82, 2.24) is 58.1 Å². The molecule has 13 rings (SSSR count). The fourth-order valence-corrected chi connectivity index (χ4v) is 11.5. The number of rotatable bonds is 8. The summed E-state index contributed by atoms with van der Waals surface area (Å²) in [7, 11) is 0. The highest BCUT2D eigenvalue weighted by molar-refractivity contribution is 5.84. The molecule has 84 heavy (non-hydrogen) atoms. The van der Waals surface area contributed by atoms with Gasteiger partial charge in [-0.2, -0.15) is 0 Å². The largest absolute Gasteiger partial charge is 0.387 e.